The van der Waals surface area contributed by atoms with Crippen molar-refractivity contribution >= 4 is 12.2 Å². The molecule has 4 aliphatic rings. The van der Waals surface area contributed by atoms with E-state index >= 15 is 0 Å². The summed E-state index contributed by atoms with van der Waals surface area (Å²) in [7, 11) is 3.33. The molecule has 0 radical (unpaired) electrons. The first-order valence-electron chi connectivity index (χ1n) is 10.2. The number of allylic oxidation sites excluding steroid dienone is 6. The van der Waals surface area contributed by atoms with Gasteiger partial charge in [-0.25, -0.2) is 0 Å². The SMILES string of the molecule is COC1=C(OC)C2(C=CC=C3Oc4ccccc4C=C32)C2=Cc3ccccc3OC2=C1. The van der Waals surface area contributed by atoms with Crippen LogP contribution in [0.1, 0.15) is 11.1 Å². The second-order valence-corrected chi connectivity index (χ2v) is 7.70. The minimum absolute atomic E-state index is 0.625. The van der Waals surface area contributed by atoms with Gasteiger partial charge >= 0.3 is 0 Å². The first kappa shape index (κ1) is 17.9. The van der Waals surface area contributed by atoms with Gasteiger partial charge in [-0.2, -0.15) is 0 Å². The normalized spacial score (nSPS) is 22.4. The van der Waals surface area contributed by atoms with Crippen LogP contribution in [0.4, 0.5) is 0 Å². The predicted molar refractivity (Wildman–Crippen MR) is 119 cm³/mol. The van der Waals surface area contributed by atoms with Crippen LogP contribution in [0.25, 0.3) is 12.2 Å². The molecule has 0 saturated carbocycles. The molecule has 2 aliphatic carbocycles. The summed E-state index contributed by atoms with van der Waals surface area (Å²) in [6, 6.07) is 16.0. The number of rotatable bonds is 2. The van der Waals surface area contributed by atoms with Gasteiger partial charge < -0.3 is 18.9 Å². The van der Waals surface area contributed by atoms with Crippen LogP contribution < -0.4 is 9.47 Å². The fraction of sp³-hybridized carbons (Fsp3) is 0.111. The fourth-order valence-corrected chi connectivity index (χ4v) is 4.75. The molecular weight excluding hydrogens is 388 g/mol. The van der Waals surface area contributed by atoms with E-state index in [1.807, 2.05) is 54.6 Å². The molecule has 1 spiro atoms. The fourth-order valence-electron chi connectivity index (χ4n) is 4.75. The van der Waals surface area contributed by atoms with Crippen LogP contribution >= 0.6 is 0 Å². The number of hydrogen-bond acceptors (Lipinski definition) is 4. The first-order chi connectivity index (χ1) is 15.2. The number of fused-ring (bicyclic) bond motifs is 6. The zero-order valence-electron chi connectivity index (χ0n) is 17.2. The standard InChI is InChI=1S/C27H20O4/c1-28-25-16-24-20(15-18-9-4-6-11-22(18)31-24)27(26(25)29-2)13-7-12-23-19(27)14-17-8-3-5-10-21(17)30-23/h3-16H,1-2H3. The van der Waals surface area contributed by atoms with Crippen molar-refractivity contribution in [1.29, 1.82) is 0 Å². The second-order valence-electron chi connectivity index (χ2n) is 7.70. The van der Waals surface area contributed by atoms with Crippen LogP contribution in [0.5, 0.6) is 11.5 Å². The van der Waals surface area contributed by atoms with E-state index in [4.69, 9.17) is 18.9 Å². The van der Waals surface area contributed by atoms with Gasteiger partial charge in [-0.3, -0.25) is 0 Å². The minimum atomic E-state index is -0.741. The summed E-state index contributed by atoms with van der Waals surface area (Å²) in [6.45, 7) is 0. The average molecular weight is 408 g/mol. The van der Waals surface area contributed by atoms with E-state index < -0.39 is 5.41 Å². The average Bonchev–Trinajstić information content (AvgIpc) is 2.82. The highest BCUT2D eigenvalue weighted by Crippen LogP contribution is 2.58. The molecule has 152 valence electrons. The lowest BCUT2D eigenvalue weighted by atomic mass is 9.64. The molecule has 4 heteroatoms. The third kappa shape index (κ3) is 2.42. The Morgan fingerprint density at radius 1 is 0.710 bits per heavy atom. The van der Waals surface area contributed by atoms with E-state index in [1.54, 1.807) is 14.2 Å². The van der Waals surface area contributed by atoms with Gasteiger partial charge in [-0.1, -0.05) is 48.6 Å². The Balaban J connectivity index is 1.67. The summed E-state index contributed by atoms with van der Waals surface area (Å²) < 4.78 is 24.4. The molecule has 0 saturated heterocycles. The molecular formula is C27H20O4. The van der Waals surface area contributed by atoms with Gasteiger partial charge in [0.15, 0.2) is 11.5 Å². The third-order valence-corrected chi connectivity index (χ3v) is 6.12. The molecule has 2 aromatic carbocycles. The maximum Gasteiger partial charge on any atom is 0.161 e. The van der Waals surface area contributed by atoms with Gasteiger partial charge in [0.1, 0.15) is 28.4 Å². The van der Waals surface area contributed by atoms with Gasteiger partial charge in [-0.05, 0) is 30.4 Å². The van der Waals surface area contributed by atoms with Crippen LogP contribution in [0.2, 0.25) is 0 Å². The molecule has 0 fully saturated rings. The molecule has 1 unspecified atom stereocenters. The van der Waals surface area contributed by atoms with Gasteiger partial charge in [0.2, 0.25) is 0 Å². The maximum absolute atomic E-state index is 6.34. The largest absolute Gasteiger partial charge is 0.496 e. The zero-order chi connectivity index (χ0) is 21.0. The Labute approximate surface area is 180 Å². The van der Waals surface area contributed by atoms with E-state index in [-0.39, 0.29) is 0 Å². The van der Waals surface area contributed by atoms with Gasteiger partial charge in [-0.15, -0.1) is 0 Å². The predicted octanol–water partition coefficient (Wildman–Crippen LogP) is 5.78. The van der Waals surface area contributed by atoms with Crippen molar-refractivity contribution in [1.82, 2.24) is 0 Å². The van der Waals surface area contributed by atoms with Crippen molar-refractivity contribution in [3.05, 3.63) is 118 Å². The van der Waals surface area contributed by atoms with Crippen LogP contribution in [-0.2, 0) is 9.47 Å². The Hall–Kier alpha value is -3.92. The van der Waals surface area contributed by atoms with Gasteiger partial charge in [0.05, 0.1) is 14.2 Å². The second kappa shape index (κ2) is 6.54. The van der Waals surface area contributed by atoms with Crippen LogP contribution in [0, 0.1) is 5.41 Å². The van der Waals surface area contributed by atoms with Crippen LogP contribution in [0.15, 0.2) is 107 Å². The lowest BCUT2D eigenvalue weighted by Gasteiger charge is -2.44. The monoisotopic (exact) mass is 408 g/mol. The molecule has 6 rings (SSSR count). The summed E-state index contributed by atoms with van der Waals surface area (Å²) in [5, 5.41) is 0. The first-order valence-corrected chi connectivity index (χ1v) is 10.2. The topological polar surface area (TPSA) is 36.9 Å². The highest BCUT2D eigenvalue weighted by atomic mass is 16.5. The summed E-state index contributed by atoms with van der Waals surface area (Å²) in [4.78, 5) is 0. The Bertz CT molecular complexity index is 1280. The summed E-state index contributed by atoms with van der Waals surface area (Å²) in [6.07, 6.45) is 12.4. The number of methoxy groups -OCH3 is 2. The molecule has 0 bridgehead atoms. The van der Waals surface area contributed by atoms with Gasteiger partial charge in [0.25, 0.3) is 0 Å². The molecule has 4 nitrogen and oxygen atoms in total. The Kier molecular flexibility index (Phi) is 3.78. The minimum Gasteiger partial charge on any atom is -0.496 e. The molecule has 2 aliphatic heterocycles. The lowest BCUT2D eigenvalue weighted by molar-refractivity contribution is 0.181. The number of para-hydroxylation sites is 2. The third-order valence-electron chi connectivity index (χ3n) is 6.12. The molecule has 2 heterocycles. The number of hydrogen-bond donors (Lipinski definition) is 0. The van der Waals surface area contributed by atoms with E-state index in [0.29, 0.717) is 11.5 Å². The molecule has 0 amide bonds. The van der Waals surface area contributed by atoms with E-state index in [1.165, 1.54) is 0 Å². The Morgan fingerprint density at radius 3 is 1.97 bits per heavy atom. The van der Waals surface area contributed by atoms with Crippen molar-refractivity contribution in [3.63, 3.8) is 0 Å². The molecule has 0 aromatic heterocycles. The van der Waals surface area contributed by atoms with Gasteiger partial charge in [0, 0.05) is 28.3 Å². The van der Waals surface area contributed by atoms with Crippen molar-refractivity contribution < 1.29 is 18.9 Å². The Morgan fingerprint density at radius 2 is 1.32 bits per heavy atom. The highest BCUT2D eigenvalue weighted by Gasteiger charge is 2.51. The quantitative estimate of drug-likeness (QED) is 0.631. The molecule has 2 aromatic rings. The van der Waals surface area contributed by atoms with Crippen molar-refractivity contribution in [2.75, 3.05) is 14.2 Å². The zero-order valence-corrected chi connectivity index (χ0v) is 17.2. The summed E-state index contributed by atoms with van der Waals surface area (Å²) in [5.74, 6) is 4.50. The maximum atomic E-state index is 6.34. The van der Waals surface area contributed by atoms with E-state index in [0.717, 1.165) is 45.3 Å². The van der Waals surface area contributed by atoms with Crippen molar-refractivity contribution in [2.24, 2.45) is 5.41 Å². The smallest absolute Gasteiger partial charge is 0.161 e. The summed E-state index contributed by atoms with van der Waals surface area (Å²) >= 11 is 0. The molecule has 0 N–H and O–H groups in total. The summed E-state index contributed by atoms with van der Waals surface area (Å²) in [5.41, 5.74) is 3.27. The highest BCUT2D eigenvalue weighted by molar-refractivity contribution is 5.80. The lowest BCUT2D eigenvalue weighted by Crippen LogP contribution is -2.37. The van der Waals surface area contributed by atoms with E-state index in [9.17, 15) is 0 Å². The van der Waals surface area contributed by atoms with Crippen LogP contribution in [0.3, 0.4) is 0 Å². The van der Waals surface area contributed by atoms with Crippen LogP contribution in [-0.4, -0.2) is 14.2 Å². The molecule has 31 heavy (non-hydrogen) atoms. The number of benzene rings is 2. The number of ether oxygens (including phenoxy) is 4. The van der Waals surface area contributed by atoms with Crippen molar-refractivity contribution in [2.45, 2.75) is 0 Å². The van der Waals surface area contributed by atoms with E-state index in [2.05, 4.69) is 30.4 Å². The van der Waals surface area contributed by atoms with Crippen molar-refractivity contribution in [3.8, 4) is 11.5 Å². The molecule has 1 atom stereocenters.